The number of nitrogens with two attached hydrogens (primary N) is 1. The summed E-state index contributed by atoms with van der Waals surface area (Å²) < 4.78 is 0. The number of likely N-dealkylation sites (N-methyl/N-ethyl adjacent to an activating group) is 1. The number of aryl methyl sites for hydroxylation is 1. The quantitative estimate of drug-likeness (QED) is 0.892. The molecule has 2 aromatic rings. The van der Waals surface area contributed by atoms with Gasteiger partial charge >= 0.3 is 0 Å². The van der Waals surface area contributed by atoms with Crippen molar-refractivity contribution in [2.45, 2.75) is 19.5 Å². The third kappa shape index (κ3) is 3.63. The first-order valence-electron chi connectivity index (χ1n) is 6.56. The van der Waals surface area contributed by atoms with Crippen LogP contribution in [0.1, 0.15) is 22.7 Å². The normalized spacial score (nSPS) is 12.6. The molecule has 0 radical (unpaired) electrons. The minimum atomic E-state index is 0.203. The highest BCUT2D eigenvalue weighted by molar-refractivity contribution is 5.23. The Morgan fingerprint density at radius 3 is 2.74 bits per heavy atom. The number of aromatic nitrogens is 1. The van der Waals surface area contributed by atoms with Crippen LogP contribution in [0.4, 0.5) is 0 Å². The van der Waals surface area contributed by atoms with Crippen molar-refractivity contribution < 1.29 is 0 Å². The zero-order chi connectivity index (χ0) is 13.7. The van der Waals surface area contributed by atoms with E-state index in [0.717, 1.165) is 6.54 Å². The van der Waals surface area contributed by atoms with Gasteiger partial charge in [0.05, 0.1) is 0 Å². The lowest BCUT2D eigenvalue weighted by molar-refractivity contribution is 0.241. The van der Waals surface area contributed by atoms with Crippen molar-refractivity contribution in [2.24, 2.45) is 5.73 Å². The van der Waals surface area contributed by atoms with Crippen molar-refractivity contribution in [3.8, 4) is 0 Å². The second-order valence-electron chi connectivity index (χ2n) is 4.94. The van der Waals surface area contributed by atoms with E-state index in [1.165, 1.54) is 16.7 Å². The highest BCUT2D eigenvalue weighted by atomic mass is 15.1. The van der Waals surface area contributed by atoms with E-state index < -0.39 is 0 Å². The molecule has 19 heavy (non-hydrogen) atoms. The Bertz CT molecular complexity index is 510. The lowest BCUT2D eigenvalue weighted by Crippen LogP contribution is -2.30. The smallest absolute Gasteiger partial charge is 0.0486 e. The first-order valence-corrected chi connectivity index (χ1v) is 6.56. The van der Waals surface area contributed by atoms with E-state index >= 15 is 0 Å². The molecule has 0 aliphatic rings. The van der Waals surface area contributed by atoms with Crippen LogP contribution in [0.5, 0.6) is 0 Å². The predicted molar refractivity (Wildman–Crippen MR) is 78.7 cm³/mol. The van der Waals surface area contributed by atoms with Gasteiger partial charge in [-0.1, -0.05) is 35.9 Å². The summed E-state index contributed by atoms with van der Waals surface area (Å²) in [7, 11) is 2.10. The van der Waals surface area contributed by atoms with Crippen molar-refractivity contribution in [3.05, 3.63) is 65.5 Å². The SMILES string of the molecule is Cc1cccc(CN(C)C(CN)c2cccnc2)c1. The molecule has 3 nitrogen and oxygen atoms in total. The summed E-state index contributed by atoms with van der Waals surface area (Å²) in [6.07, 6.45) is 3.68. The maximum absolute atomic E-state index is 5.92. The predicted octanol–water partition coefficient (Wildman–Crippen LogP) is 2.52. The van der Waals surface area contributed by atoms with E-state index in [1.807, 2.05) is 12.3 Å². The fraction of sp³-hybridized carbons (Fsp3) is 0.312. The number of rotatable bonds is 5. The zero-order valence-electron chi connectivity index (χ0n) is 11.6. The van der Waals surface area contributed by atoms with E-state index in [-0.39, 0.29) is 6.04 Å². The molecular weight excluding hydrogens is 234 g/mol. The van der Waals surface area contributed by atoms with E-state index in [0.29, 0.717) is 6.54 Å². The summed E-state index contributed by atoms with van der Waals surface area (Å²) in [5.41, 5.74) is 9.69. The molecule has 2 N–H and O–H groups in total. The molecule has 3 heteroatoms. The molecule has 2 rings (SSSR count). The van der Waals surface area contributed by atoms with Gasteiger partial charge in [0.25, 0.3) is 0 Å². The van der Waals surface area contributed by atoms with Gasteiger partial charge in [0.15, 0.2) is 0 Å². The first-order chi connectivity index (χ1) is 9.20. The van der Waals surface area contributed by atoms with E-state index in [9.17, 15) is 0 Å². The third-order valence-corrected chi connectivity index (χ3v) is 3.34. The van der Waals surface area contributed by atoms with Crippen molar-refractivity contribution in [3.63, 3.8) is 0 Å². The number of benzene rings is 1. The number of hydrogen-bond donors (Lipinski definition) is 1. The summed E-state index contributed by atoms with van der Waals surface area (Å²) in [6, 6.07) is 12.8. The molecule has 0 saturated carbocycles. The number of pyridine rings is 1. The topological polar surface area (TPSA) is 42.1 Å². The van der Waals surface area contributed by atoms with Crippen LogP contribution in [0.3, 0.4) is 0 Å². The lowest BCUT2D eigenvalue weighted by atomic mass is 10.1. The maximum Gasteiger partial charge on any atom is 0.0486 e. The van der Waals surface area contributed by atoms with Crippen molar-refractivity contribution in [2.75, 3.05) is 13.6 Å². The summed E-state index contributed by atoms with van der Waals surface area (Å²) in [6.45, 7) is 3.59. The molecule has 100 valence electrons. The van der Waals surface area contributed by atoms with Gasteiger partial charge in [-0.05, 0) is 31.2 Å². The number of nitrogens with zero attached hydrogens (tertiary/aromatic N) is 2. The summed E-state index contributed by atoms with van der Waals surface area (Å²) in [4.78, 5) is 6.44. The van der Waals surface area contributed by atoms with Crippen LogP contribution in [0, 0.1) is 6.92 Å². The molecule has 0 saturated heterocycles. The molecule has 1 aromatic heterocycles. The fourth-order valence-electron chi connectivity index (χ4n) is 2.35. The Morgan fingerprint density at radius 1 is 1.26 bits per heavy atom. The Labute approximate surface area is 115 Å². The second-order valence-corrected chi connectivity index (χ2v) is 4.94. The van der Waals surface area contributed by atoms with Crippen LogP contribution in [0.15, 0.2) is 48.8 Å². The Morgan fingerprint density at radius 2 is 2.11 bits per heavy atom. The maximum atomic E-state index is 5.92. The third-order valence-electron chi connectivity index (χ3n) is 3.34. The molecule has 1 heterocycles. The van der Waals surface area contributed by atoms with Gasteiger partial charge < -0.3 is 5.73 Å². The van der Waals surface area contributed by atoms with E-state index in [2.05, 4.69) is 54.2 Å². The summed E-state index contributed by atoms with van der Waals surface area (Å²) in [5.74, 6) is 0. The van der Waals surface area contributed by atoms with Gasteiger partial charge in [-0.2, -0.15) is 0 Å². The first kappa shape index (κ1) is 13.7. The van der Waals surface area contributed by atoms with Gasteiger partial charge in [-0.15, -0.1) is 0 Å². The molecule has 0 bridgehead atoms. The minimum Gasteiger partial charge on any atom is -0.329 e. The highest BCUT2D eigenvalue weighted by Gasteiger charge is 2.15. The average Bonchev–Trinajstić information content (AvgIpc) is 2.41. The average molecular weight is 255 g/mol. The standard InChI is InChI=1S/C16H21N3/c1-13-5-3-6-14(9-13)12-19(2)16(10-17)15-7-4-8-18-11-15/h3-9,11,16H,10,12,17H2,1-2H3. The molecular formula is C16H21N3. The molecule has 0 fully saturated rings. The van der Waals surface area contributed by atoms with Gasteiger partial charge in [-0.25, -0.2) is 0 Å². The van der Waals surface area contributed by atoms with Crippen LogP contribution < -0.4 is 5.73 Å². The summed E-state index contributed by atoms with van der Waals surface area (Å²) in [5, 5.41) is 0. The fourth-order valence-corrected chi connectivity index (χ4v) is 2.35. The summed E-state index contributed by atoms with van der Waals surface area (Å²) >= 11 is 0. The minimum absolute atomic E-state index is 0.203. The van der Waals surface area contributed by atoms with Crippen LogP contribution >= 0.6 is 0 Å². The lowest BCUT2D eigenvalue weighted by Gasteiger charge is -2.27. The monoisotopic (exact) mass is 255 g/mol. The second kappa shape index (κ2) is 6.45. The van der Waals surface area contributed by atoms with Gasteiger partial charge in [0.2, 0.25) is 0 Å². The Kier molecular flexibility index (Phi) is 4.66. The molecule has 0 aliphatic carbocycles. The van der Waals surface area contributed by atoms with Crippen LogP contribution in [-0.2, 0) is 6.54 Å². The van der Waals surface area contributed by atoms with Crippen molar-refractivity contribution in [1.82, 2.24) is 9.88 Å². The Hall–Kier alpha value is -1.71. The van der Waals surface area contributed by atoms with Gasteiger partial charge in [0.1, 0.15) is 0 Å². The van der Waals surface area contributed by atoms with Crippen LogP contribution in [-0.4, -0.2) is 23.5 Å². The molecule has 0 aliphatic heterocycles. The molecule has 0 spiro atoms. The zero-order valence-corrected chi connectivity index (χ0v) is 11.6. The van der Waals surface area contributed by atoms with E-state index in [4.69, 9.17) is 5.73 Å². The molecule has 0 amide bonds. The molecule has 1 atom stereocenters. The van der Waals surface area contributed by atoms with E-state index in [1.54, 1.807) is 6.20 Å². The van der Waals surface area contributed by atoms with Crippen LogP contribution in [0.25, 0.3) is 0 Å². The molecule has 1 unspecified atom stereocenters. The highest BCUT2D eigenvalue weighted by Crippen LogP contribution is 2.19. The van der Waals surface area contributed by atoms with Crippen molar-refractivity contribution >= 4 is 0 Å². The van der Waals surface area contributed by atoms with Crippen molar-refractivity contribution in [1.29, 1.82) is 0 Å². The number of hydrogen-bond acceptors (Lipinski definition) is 3. The van der Waals surface area contributed by atoms with Crippen LogP contribution in [0.2, 0.25) is 0 Å². The Balaban J connectivity index is 2.11. The largest absolute Gasteiger partial charge is 0.329 e. The molecule has 1 aromatic carbocycles. The van der Waals surface area contributed by atoms with Gasteiger partial charge in [0, 0.05) is 31.5 Å². The van der Waals surface area contributed by atoms with Gasteiger partial charge in [-0.3, -0.25) is 9.88 Å².